The highest BCUT2D eigenvalue weighted by Gasteiger charge is 2.24. The van der Waals surface area contributed by atoms with Crippen molar-refractivity contribution in [3.05, 3.63) is 28.2 Å². The van der Waals surface area contributed by atoms with Crippen LogP contribution < -0.4 is 0 Å². The average Bonchev–Trinajstić information content (AvgIpc) is 2.51. The summed E-state index contributed by atoms with van der Waals surface area (Å²) >= 11 is 3.15. The molecule has 0 saturated heterocycles. The Bertz CT molecular complexity index is 704. The molecule has 128 valence electrons. The molecule has 0 atom stereocenters. The van der Waals surface area contributed by atoms with Crippen LogP contribution in [0.2, 0.25) is 0 Å². The molecule has 0 N–H and O–H groups in total. The van der Waals surface area contributed by atoms with Crippen molar-refractivity contribution in [3.63, 3.8) is 0 Å². The maximum absolute atomic E-state index is 12.2. The van der Waals surface area contributed by atoms with Crippen LogP contribution in [0.5, 0.6) is 0 Å². The van der Waals surface area contributed by atoms with E-state index >= 15 is 0 Å². The number of carbonyl (C=O) groups is 2. The quantitative estimate of drug-likeness (QED) is 0.512. The number of nitrogens with zero attached hydrogens (tertiary/aromatic N) is 2. The maximum Gasteiger partial charge on any atom is 0.339 e. The molecule has 0 aliphatic rings. The van der Waals surface area contributed by atoms with Gasteiger partial charge >= 0.3 is 5.97 Å². The van der Waals surface area contributed by atoms with Gasteiger partial charge < -0.3 is 9.64 Å². The van der Waals surface area contributed by atoms with Crippen LogP contribution in [0.25, 0.3) is 0 Å². The lowest BCUT2D eigenvalue weighted by Crippen LogP contribution is -2.28. The minimum atomic E-state index is -3.90. The molecule has 0 fully saturated rings. The lowest BCUT2D eigenvalue weighted by Gasteiger charge is -2.15. The van der Waals surface area contributed by atoms with Gasteiger partial charge in [-0.25, -0.2) is 13.2 Å². The van der Waals surface area contributed by atoms with E-state index in [1.807, 2.05) is 0 Å². The molecule has 0 spiro atoms. The van der Waals surface area contributed by atoms with Crippen molar-refractivity contribution in [1.82, 2.24) is 9.37 Å². The van der Waals surface area contributed by atoms with Crippen LogP contribution in [0.15, 0.2) is 27.6 Å². The summed E-state index contributed by atoms with van der Waals surface area (Å²) in [4.78, 5) is 29.3. The number of hydrogen-bond acceptors (Lipinski definition) is 6. The van der Waals surface area contributed by atoms with Gasteiger partial charge in [-0.1, -0.05) is 4.47 Å². The Kier molecular flexibility index (Phi) is 6.69. The molecule has 0 heterocycles. The van der Waals surface area contributed by atoms with Crippen LogP contribution >= 0.6 is 15.9 Å². The molecule has 0 aliphatic carbocycles. The van der Waals surface area contributed by atoms with Gasteiger partial charge in [-0.15, -0.1) is 0 Å². The first kappa shape index (κ1) is 19.6. The average molecular weight is 409 g/mol. The Hall–Kier alpha value is -1.49. The van der Waals surface area contributed by atoms with E-state index in [0.29, 0.717) is 8.94 Å². The summed E-state index contributed by atoms with van der Waals surface area (Å²) in [5, 5.41) is 0. The molecule has 0 unspecified atom stereocenters. The minimum absolute atomic E-state index is 0.0119. The standard InChI is InChI=1S/C13H17BrN2O6S/c1-15(2)12(17)8-22-13(18)10-7-9(5-6-11(10)14)23(19,20)16(3)21-4/h5-7H,8H2,1-4H3. The summed E-state index contributed by atoms with van der Waals surface area (Å²) in [6, 6.07) is 3.87. The van der Waals surface area contributed by atoms with Crippen molar-refractivity contribution in [1.29, 1.82) is 0 Å². The highest BCUT2D eigenvalue weighted by molar-refractivity contribution is 9.10. The fraction of sp³-hybridized carbons (Fsp3) is 0.385. The zero-order valence-electron chi connectivity index (χ0n) is 13.1. The number of carbonyl (C=O) groups excluding carboxylic acids is 2. The Morgan fingerprint density at radius 3 is 2.35 bits per heavy atom. The smallest absolute Gasteiger partial charge is 0.339 e. The van der Waals surface area contributed by atoms with Crippen LogP contribution in [0.4, 0.5) is 0 Å². The highest BCUT2D eigenvalue weighted by atomic mass is 79.9. The summed E-state index contributed by atoms with van der Waals surface area (Å²) in [5.74, 6) is -1.21. The molecule has 0 bridgehead atoms. The summed E-state index contributed by atoms with van der Waals surface area (Å²) in [7, 11) is 1.59. The number of rotatable bonds is 6. The molecule has 1 amide bonds. The van der Waals surface area contributed by atoms with Gasteiger partial charge in [0.15, 0.2) is 6.61 Å². The largest absolute Gasteiger partial charge is 0.452 e. The van der Waals surface area contributed by atoms with E-state index in [-0.39, 0.29) is 10.5 Å². The van der Waals surface area contributed by atoms with Crippen molar-refractivity contribution in [2.24, 2.45) is 0 Å². The number of benzene rings is 1. The molecule has 1 aromatic rings. The third kappa shape index (κ3) is 4.74. The molecule has 8 nitrogen and oxygen atoms in total. The number of sulfonamides is 1. The first-order valence-corrected chi connectivity index (χ1v) is 8.54. The van der Waals surface area contributed by atoms with E-state index in [4.69, 9.17) is 4.74 Å². The van der Waals surface area contributed by atoms with Gasteiger partial charge in [0.05, 0.1) is 17.6 Å². The first-order chi connectivity index (χ1) is 10.6. The van der Waals surface area contributed by atoms with Crippen molar-refractivity contribution in [3.8, 4) is 0 Å². The number of likely N-dealkylation sites (N-methyl/N-ethyl adjacent to an activating group) is 1. The Labute approximate surface area is 143 Å². The molecule has 10 heteroatoms. The second-order valence-corrected chi connectivity index (χ2v) is 7.39. The predicted octanol–water partition coefficient (Wildman–Crippen LogP) is 0.876. The Morgan fingerprint density at radius 2 is 1.83 bits per heavy atom. The number of esters is 1. The fourth-order valence-corrected chi connectivity index (χ4v) is 2.81. The normalized spacial score (nSPS) is 11.4. The van der Waals surface area contributed by atoms with Crippen LogP contribution in [0.3, 0.4) is 0 Å². The summed E-state index contributed by atoms with van der Waals surface area (Å²) in [6.45, 7) is -0.437. The van der Waals surface area contributed by atoms with Crippen LogP contribution in [0, 0.1) is 0 Å². The SMILES string of the molecule is CON(C)S(=O)(=O)c1ccc(Br)c(C(=O)OCC(=O)N(C)C)c1. The molecule has 0 aliphatic heterocycles. The maximum atomic E-state index is 12.2. The third-order valence-corrected chi connectivity index (χ3v) is 5.24. The molecule has 0 aromatic heterocycles. The topological polar surface area (TPSA) is 93.2 Å². The molecule has 1 rings (SSSR count). The van der Waals surface area contributed by atoms with Gasteiger partial charge in [-0.3, -0.25) is 9.63 Å². The lowest BCUT2D eigenvalue weighted by molar-refractivity contribution is -0.131. The molecule has 0 radical (unpaired) electrons. The number of hydrogen-bond donors (Lipinski definition) is 0. The Morgan fingerprint density at radius 1 is 1.22 bits per heavy atom. The second kappa shape index (κ2) is 7.86. The first-order valence-electron chi connectivity index (χ1n) is 6.31. The van der Waals surface area contributed by atoms with E-state index in [1.165, 1.54) is 45.3 Å². The van der Waals surface area contributed by atoms with Crippen molar-refractivity contribution >= 4 is 37.8 Å². The lowest BCUT2D eigenvalue weighted by atomic mass is 10.2. The monoisotopic (exact) mass is 408 g/mol. The minimum Gasteiger partial charge on any atom is -0.452 e. The van der Waals surface area contributed by atoms with Gasteiger partial charge in [-0.05, 0) is 34.1 Å². The summed E-state index contributed by atoms with van der Waals surface area (Å²) in [5.41, 5.74) is -0.0119. The molecular formula is C13H17BrN2O6S. The number of ether oxygens (including phenoxy) is 1. The second-order valence-electron chi connectivity index (χ2n) is 4.60. The van der Waals surface area contributed by atoms with E-state index < -0.39 is 28.5 Å². The zero-order valence-corrected chi connectivity index (χ0v) is 15.5. The van der Waals surface area contributed by atoms with E-state index in [9.17, 15) is 18.0 Å². The van der Waals surface area contributed by atoms with Gasteiger partial charge in [0.25, 0.3) is 15.9 Å². The number of hydroxylamine groups is 1. The molecule has 23 heavy (non-hydrogen) atoms. The summed E-state index contributed by atoms with van der Waals surface area (Å²) < 4.78 is 30.3. The van der Waals surface area contributed by atoms with Gasteiger partial charge in [0, 0.05) is 25.6 Å². The third-order valence-electron chi connectivity index (χ3n) is 2.88. The predicted molar refractivity (Wildman–Crippen MR) is 85.1 cm³/mol. The fourth-order valence-electron chi connectivity index (χ4n) is 1.40. The van der Waals surface area contributed by atoms with Gasteiger partial charge in [-0.2, -0.15) is 0 Å². The molecule has 0 saturated carbocycles. The summed E-state index contributed by atoms with van der Waals surface area (Å²) in [6.07, 6.45) is 0. The van der Waals surface area contributed by atoms with E-state index in [0.717, 1.165) is 6.07 Å². The number of amides is 1. The Balaban J connectivity index is 3.07. The van der Waals surface area contributed by atoms with Crippen molar-refractivity contribution in [2.45, 2.75) is 4.90 Å². The zero-order chi connectivity index (χ0) is 17.8. The van der Waals surface area contributed by atoms with Crippen molar-refractivity contribution in [2.75, 3.05) is 34.9 Å². The molecular weight excluding hydrogens is 392 g/mol. The van der Waals surface area contributed by atoms with Gasteiger partial charge in [0.1, 0.15) is 0 Å². The van der Waals surface area contributed by atoms with Crippen LogP contribution in [0.1, 0.15) is 10.4 Å². The van der Waals surface area contributed by atoms with Gasteiger partial charge in [0.2, 0.25) is 0 Å². The molecule has 1 aromatic carbocycles. The van der Waals surface area contributed by atoms with Crippen LogP contribution in [-0.2, 0) is 24.4 Å². The number of halogens is 1. The van der Waals surface area contributed by atoms with E-state index in [2.05, 4.69) is 20.8 Å². The van der Waals surface area contributed by atoms with E-state index in [1.54, 1.807) is 0 Å². The van der Waals surface area contributed by atoms with Crippen molar-refractivity contribution < 1.29 is 27.6 Å². The highest BCUT2D eigenvalue weighted by Crippen LogP contribution is 2.23. The van der Waals surface area contributed by atoms with Crippen LogP contribution in [-0.4, -0.2) is 64.5 Å².